The molecule has 28 heavy (non-hydrogen) atoms. The van der Waals surface area contributed by atoms with E-state index in [4.69, 9.17) is 27.9 Å². The Hall–Kier alpha value is -1.01. The Bertz CT molecular complexity index is 655. The topological polar surface area (TPSA) is 36.0 Å². The molecule has 7 heteroatoms. The number of halogens is 2. The molecule has 2 atom stereocenters. The van der Waals surface area contributed by atoms with Crippen molar-refractivity contribution in [2.75, 3.05) is 59.0 Å². The molecule has 2 aliphatic rings. The first kappa shape index (κ1) is 21.7. The predicted molar refractivity (Wildman–Crippen MR) is 114 cm³/mol. The number of hydrogen-bond donors (Lipinski definition) is 0. The second-order valence-electron chi connectivity index (χ2n) is 8.29. The maximum absolute atomic E-state index is 12.7. The molecule has 0 spiro atoms. The van der Waals surface area contributed by atoms with E-state index in [1.165, 1.54) is 6.42 Å². The molecule has 0 bridgehead atoms. The van der Waals surface area contributed by atoms with E-state index in [-0.39, 0.29) is 5.91 Å². The monoisotopic (exact) mass is 427 g/mol. The molecule has 1 aromatic carbocycles. The van der Waals surface area contributed by atoms with Crippen LogP contribution in [0, 0.1) is 11.8 Å². The number of piperidine rings is 1. The van der Waals surface area contributed by atoms with Gasteiger partial charge in [-0.1, -0.05) is 37.0 Å². The number of amides is 1. The third kappa shape index (κ3) is 6.24. The van der Waals surface area contributed by atoms with Gasteiger partial charge in [-0.2, -0.15) is 0 Å². The van der Waals surface area contributed by atoms with Crippen LogP contribution in [0.3, 0.4) is 0 Å². The summed E-state index contributed by atoms with van der Waals surface area (Å²) in [6.07, 6.45) is 1.23. The van der Waals surface area contributed by atoms with Gasteiger partial charge in [-0.25, -0.2) is 0 Å². The zero-order chi connectivity index (χ0) is 20.1. The molecule has 2 saturated heterocycles. The summed E-state index contributed by atoms with van der Waals surface area (Å²) in [6, 6.07) is 5.25. The number of hydrogen-bond acceptors (Lipinski definition) is 4. The molecule has 2 aliphatic heterocycles. The number of piperazine rings is 1. The molecule has 2 heterocycles. The van der Waals surface area contributed by atoms with Gasteiger partial charge in [0.1, 0.15) is 12.4 Å². The highest BCUT2D eigenvalue weighted by molar-refractivity contribution is 6.34. The first-order chi connectivity index (χ1) is 13.4. The van der Waals surface area contributed by atoms with Crippen LogP contribution in [-0.2, 0) is 4.79 Å². The van der Waals surface area contributed by atoms with Crippen LogP contribution in [0.2, 0.25) is 10.0 Å². The van der Waals surface area contributed by atoms with Crippen molar-refractivity contribution in [3.8, 4) is 5.75 Å². The van der Waals surface area contributed by atoms with Gasteiger partial charge in [0.15, 0.2) is 0 Å². The average Bonchev–Trinajstić information content (AvgIpc) is 2.65. The van der Waals surface area contributed by atoms with Crippen molar-refractivity contribution in [2.45, 2.75) is 20.3 Å². The molecule has 3 rings (SSSR count). The molecular formula is C21H31Cl2N3O2. The van der Waals surface area contributed by atoms with Crippen molar-refractivity contribution >= 4 is 29.1 Å². The first-order valence-electron chi connectivity index (χ1n) is 10.2. The van der Waals surface area contributed by atoms with Crippen molar-refractivity contribution in [1.82, 2.24) is 14.7 Å². The van der Waals surface area contributed by atoms with Crippen LogP contribution in [-0.4, -0.2) is 79.6 Å². The third-order valence-electron chi connectivity index (χ3n) is 5.60. The van der Waals surface area contributed by atoms with Crippen LogP contribution in [0.4, 0.5) is 0 Å². The highest BCUT2D eigenvalue weighted by atomic mass is 35.5. The summed E-state index contributed by atoms with van der Waals surface area (Å²) in [4.78, 5) is 19.4. The largest absolute Gasteiger partial charge is 0.491 e. The van der Waals surface area contributed by atoms with E-state index < -0.39 is 0 Å². The van der Waals surface area contributed by atoms with Gasteiger partial charge in [0.2, 0.25) is 5.91 Å². The number of benzene rings is 1. The lowest BCUT2D eigenvalue weighted by molar-refractivity contribution is -0.135. The molecular weight excluding hydrogens is 397 g/mol. The summed E-state index contributed by atoms with van der Waals surface area (Å²) in [5.41, 5.74) is 0. The normalized spacial score (nSPS) is 24.4. The fourth-order valence-electron chi connectivity index (χ4n) is 4.20. The Balaban J connectivity index is 1.36. The van der Waals surface area contributed by atoms with Crippen molar-refractivity contribution in [3.63, 3.8) is 0 Å². The minimum absolute atomic E-state index is 0.283. The lowest BCUT2D eigenvalue weighted by Crippen LogP contribution is -2.52. The molecule has 1 amide bonds. The number of carbonyl (C=O) groups is 1. The minimum atomic E-state index is 0.283. The Morgan fingerprint density at radius 1 is 1.07 bits per heavy atom. The van der Waals surface area contributed by atoms with Crippen molar-refractivity contribution in [3.05, 3.63) is 28.2 Å². The van der Waals surface area contributed by atoms with E-state index in [9.17, 15) is 4.79 Å². The SMILES string of the molecule is CC1CC(C)CN(C(=O)CN2CCN(CCOc3cc(Cl)ccc3Cl)CC2)C1. The van der Waals surface area contributed by atoms with Gasteiger partial charge in [-0.3, -0.25) is 14.6 Å². The number of carbonyl (C=O) groups excluding carboxylic acids is 1. The van der Waals surface area contributed by atoms with Gasteiger partial charge in [0.25, 0.3) is 0 Å². The van der Waals surface area contributed by atoms with Gasteiger partial charge in [0.05, 0.1) is 11.6 Å². The number of likely N-dealkylation sites (tertiary alicyclic amines) is 1. The van der Waals surface area contributed by atoms with E-state index in [1.807, 2.05) is 0 Å². The number of rotatable bonds is 6. The van der Waals surface area contributed by atoms with Crippen molar-refractivity contribution < 1.29 is 9.53 Å². The zero-order valence-electron chi connectivity index (χ0n) is 16.9. The maximum atomic E-state index is 12.7. The zero-order valence-corrected chi connectivity index (χ0v) is 18.4. The Kier molecular flexibility index (Phi) is 7.86. The lowest BCUT2D eigenvalue weighted by Gasteiger charge is -2.38. The second-order valence-corrected chi connectivity index (χ2v) is 9.13. The number of nitrogens with zero attached hydrogens (tertiary/aromatic N) is 3. The summed E-state index contributed by atoms with van der Waals surface area (Å²) < 4.78 is 5.78. The summed E-state index contributed by atoms with van der Waals surface area (Å²) in [5.74, 6) is 2.13. The van der Waals surface area contributed by atoms with Crippen molar-refractivity contribution in [1.29, 1.82) is 0 Å². The molecule has 0 N–H and O–H groups in total. The smallest absolute Gasteiger partial charge is 0.236 e. The van der Waals surface area contributed by atoms with Gasteiger partial charge in [0, 0.05) is 56.9 Å². The molecule has 0 radical (unpaired) electrons. The maximum Gasteiger partial charge on any atom is 0.236 e. The van der Waals surface area contributed by atoms with E-state index in [1.54, 1.807) is 18.2 Å². The fourth-order valence-corrected chi connectivity index (χ4v) is 4.54. The van der Waals surface area contributed by atoms with Crippen LogP contribution in [0.1, 0.15) is 20.3 Å². The Morgan fingerprint density at radius 3 is 2.39 bits per heavy atom. The molecule has 0 aromatic heterocycles. The molecule has 5 nitrogen and oxygen atoms in total. The van der Waals surface area contributed by atoms with Gasteiger partial charge in [-0.05, 0) is 30.4 Å². The van der Waals surface area contributed by atoms with Crippen LogP contribution in [0.5, 0.6) is 5.75 Å². The molecule has 156 valence electrons. The molecule has 0 aliphatic carbocycles. The molecule has 2 unspecified atom stereocenters. The third-order valence-corrected chi connectivity index (χ3v) is 6.15. The Morgan fingerprint density at radius 2 is 1.71 bits per heavy atom. The van der Waals surface area contributed by atoms with Crippen LogP contribution in [0.15, 0.2) is 18.2 Å². The van der Waals surface area contributed by atoms with E-state index in [2.05, 4.69) is 28.5 Å². The molecule has 1 aromatic rings. The van der Waals surface area contributed by atoms with Crippen LogP contribution < -0.4 is 4.74 Å². The second kappa shape index (κ2) is 10.1. The van der Waals surface area contributed by atoms with Crippen LogP contribution in [0.25, 0.3) is 0 Å². The van der Waals surface area contributed by atoms with Gasteiger partial charge < -0.3 is 9.64 Å². The molecule has 0 saturated carbocycles. The van der Waals surface area contributed by atoms with E-state index in [0.29, 0.717) is 40.8 Å². The standard InChI is InChI=1S/C21H31Cl2N3O2/c1-16-11-17(2)14-26(13-16)21(27)15-25-7-5-24(6-8-25)9-10-28-20-12-18(22)3-4-19(20)23/h3-4,12,16-17H,5-11,13-15H2,1-2H3. The minimum Gasteiger partial charge on any atom is -0.491 e. The summed E-state index contributed by atoms with van der Waals surface area (Å²) >= 11 is 12.1. The van der Waals surface area contributed by atoms with E-state index >= 15 is 0 Å². The van der Waals surface area contributed by atoms with E-state index in [0.717, 1.165) is 45.8 Å². The quantitative estimate of drug-likeness (QED) is 0.695. The van der Waals surface area contributed by atoms with Crippen LogP contribution >= 0.6 is 23.2 Å². The summed E-state index contributed by atoms with van der Waals surface area (Å²) in [7, 11) is 0. The van der Waals surface area contributed by atoms with Crippen molar-refractivity contribution in [2.24, 2.45) is 11.8 Å². The highest BCUT2D eigenvalue weighted by Crippen LogP contribution is 2.27. The Labute approximate surface area is 178 Å². The highest BCUT2D eigenvalue weighted by Gasteiger charge is 2.27. The number of ether oxygens (including phenoxy) is 1. The predicted octanol–water partition coefficient (Wildman–Crippen LogP) is 3.49. The fraction of sp³-hybridized carbons (Fsp3) is 0.667. The average molecular weight is 428 g/mol. The molecule has 2 fully saturated rings. The summed E-state index contributed by atoms with van der Waals surface area (Å²) in [5, 5.41) is 1.20. The first-order valence-corrected chi connectivity index (χ1v) is 11.0. The summed E-state index contributed by atoms with van der Waals surface area (Å²) in [6.45, 7) is 12.0. The van der Waals surface area contributed by atoms with Gasteiger partial charge >= 0.3 is 0 Å². The van der Waals surface area contributed by atoms with Gasteiger partial charge in [-0.15, -0.1) is 0 Å². The lowest BCUT2D eigenvalue weighted by atomic mass is 9.92.